The molecule has 0 radical (unpaired) electrons. The van der Waals surface area contributed by atoms with Crippen LogP contribution in [0, 0.1) is 0 Å². The van der Waals surface area contributed by atoms with Crippen molar-refractivity contribution in [2.45, 2.75) is 64.0 Å². The molecular weight excluding hydrogens is 423 g/mol. The molecule has 24 heavy (non-hydrogen) atoms. The number of hydrogen-bond donors (Lipinski definition) is 3. The molecule has 3 N–H and O–H groups in total. The molecule has 2 aliphatic rings. The van der Waals surface area contributed by atoms with Gasteiger partial charge >= 0.3 is 0 Å². The summed E-state index contributed by atoms with van der Waals surface area (Å²) < 4.78 is 0. The van der Waals surface area contributed by atoms with Crippen molar-refractivity contribution in [1.29, 1.82) is 0 Å². The Morgan fingerprint density at radius 3 is 2.42 bits per heavy atom. The Labute approximate surface area is 160 Å². The standard InChI is InChI=1S/C16H28N4O3.HI/c1-2-17-16(19-12-6-8-13(21)9-7-12)18-10-11-20-14(22)4-3-5-15(20)23;/h12-13,21H,2-11H2,1H3,(H2,17,18,19);1H. The van der Waals surface area contributed by atoms with Crippen LogP contribution in [0.1, 0.15) is 51.9 Å². The number of carbonyl (C=O) groups is 2. The predicted octanol–water partition coefficient (Wildman–Crippen LogP) is 1.00. The van der Waals surface area contributed by atoms with E-state index >= 15 is 0 Å². The number of piperidine rings is 1. The van der Waals surface area contributed by atoms with Gasteiger partial charge in [-0.25, -0.2) is 0 Å². The number of aliphatic hydroxyl groups is 1. The fourth-order valence-corrected chi connectivity index (χ4v) is 3.04. The quantitative estimate of drug-likeness (QED) is 0.251. The van der Waals surface area contributed by atoms with Crippen molar-refractivity contribution in [3.8, 4) is 0 Å². The van der Waals surface area contributed by atoms with Gasteiger partial charge in [-0.3, -0.25) is 19.5 Å². The summed E-state index contributed by atoms with van der Waals surface area (Å²) in [5, 5.41) is 16.1. The van der Waals surface area contributed by atoms with Gasteiger partial charge in [0.05, 0.1) is 12.6 Å². The smallest absolute Gasteiger partial charge is 0.229 e. The molecular formula is C16H29IN4O3. The zero-order chi connectivity index (χ0) is 16.7. The Hall–Kier alpha value is -0.900. The molecule has 7 nitrogen and oxygen atoms in total. The molecule has 2 rings (SSSR count). The van der Waals surface area contributed by atoms with Crippen molar-refractivity contribution in [1.82, 2.24) is 15.5 Å². The number of halogens is 1. The molecule has 2 fully saturated rings. The Kier molecular flexibility index (Phi) is 9.57. The third-order valence-corrected chi connectivity index (χ3v) is 4.36. The second kappa shape index (κ2) is 10.9. The van der Waals surface area contributed by atoms with E-state index in [4.69, 9.17) is 0 Å². The zero-order valence-corrected chi connectivity index (χ0v) is 16.6. The number of carbonyl (C=O) groups excluding carboxylic acids is 2. The first kappa shape index (κ1) is 21.1. The maximum Gasteiger partial charge on any atom is 0.229 e. The molecule has 0 aromatic heterocycles. The Bertz CT molecular complexity index is 435. The first-order chi connectivity index (χ1) is 11.1. The number of aliphatic imine (C=N–C) groups is 1. The van der Waals surface area contributed by atoms with Crippen molar-refractivity contribution >= 4 is 41.8 Å². The second-order valence-electron chi connectivity index (χ2n) is 6.20. The molecule has 0 atom stereocenters. The molecule has 0 aromatic rings. The summed E-state index contributed by atoms with van der Waals surface area (Å²) in [6.45, 7) is 3.50. The second-order valence-corrected chi connectivity index (χ2v) is 6.20. The molecule has 0 aromatic carbocycles. The maximum absolute atomic E-state index is 11.8. The van der Waals surface area contributed by atoms with Crippen LogP contribution in [-0.4, -0.2) is 59.6 Å². The van der Waals surface area contributed by atoms with Crippen molar-refractivity contribution in [3.63, 3.8) is 0 Å². The van der Waals surface area contributed by atoms with E-state index in [0.717, 1.165) is 32.2 Å². The van der Waals surface area contributed by atoms with Crippen LogP contribution in [-0.2, 0) is 9.59 Å². The van der Waals surface area contributed by atoms with E-state index in [2.05, 4.69) is 15.6 Å². The molecule has 0 unspecified atom stereocenters. The van der Waals surface area contributed by atoms with E-state index in [1.165, 1.54) is 4.90 Å². The van der Waals surface area contributed by atoms with E-state index in [0.29, 0.717) is 44.4 Å². The largest absolute Gasteiger partial charge is 0.393 e. The monoisotopic (exact) mass is 452 g/mol. The van der Waals surface area contributed by atoms with Crippen LogP contribution in [0.2, 0.25) is 0 Å². The molecule has 8 heteroatoms. The Balaban J connectivity index is 0.00000288. The van der Waals surface area contributed by atoms with Crippen molar-refractivity contribution in [2.75, 3.05) is 19.6 Å². The molecule has 1 aliphatic carbocycles. The summed E-state index contributed by atoms with van der Waals surface area (Å²) in [5.41, 5.74) is 0. The number of aliphatic hydroxyl groups excluding tert-OH is 1. The highest BCUT2D eigenvalue weighted by Gasteiger charge is 2.25. The van der Waals surface area contributed by atoms with Crippen molar-refractivity contribution < 1.29 is 14.7 Å². The average Bonchev–Trinajstić information content (AvgIpc) is 2.52. The summed E-state index contributed by atoms with van der Waals surface area (Å²) in [6.07, 6.45) is 4.88. The summed E-state index contributed by atoms with van der Waals surface area (Å²) in [5.74, 6) is 0.539. The summed E-state index contributed by atoms with van der Waals surface area (Å²) in [7, 11) is 0. The molecule has 138 valence electrons. The fraction of sp³-hybridized carbons (Fsp3) is 0.812. The first-order valence-electron chi connectivity index (χ1n) is 8.66. The van der Waals surface area contributed by atoms with Gasteiger partial charge in [0.1, 0.15) is 0 Å². The van der Waals surface area contributed by atoms with Crippen LogP contribution >= 0.6 is 24.0 Å². The van der Waals surface area contributed by atoms with Gasteiger partial charge in [-0.2, -0.15) is 0 Å². The van der Waals surface area contributed by atoms with Crippen LogP contribution in [0.4, 0.5) is 0 Å². The molecule has 1 saturated heterocycles. The summed E-state index contributed by atoms with van der Waals surface area (Å²) >= 11 is 0. The van der Waals surface area contributed by atoms with Gasteiger partial charge in [0.2, 0.25) is 11.8 Å². The first-order valence-corrected chi connectivity index (χ1v) is 8.66. The number of imide groups is 1. The van der Waals surface area contributed by atoms with E-state index in [-0.39, 0.29) is 41.9 Å². The van der Waals surface area contributed by atoms with Crippen LogP contribution in [0.15, 0.2) is 4.99 Å². The molecule has 1 aliphatic heterocycles. The molecule has 1 saturated carbocycles. The molecule has 2 amide bonds. The maximum atomic E-state index is 11.8. The Morgan fingerprint density at radius 2 is 1.83 bits per heavy atom. The van der Waals surface area contributed by atoms with Gasteiger partial charge in [0.25, 0.3) is 0 Å². The fourth-order valence-electron chi connectivity index (χ4n) is 3.04. The lowest BCUT2D eigenvalue weighted by molar-refractivity contribution is -0.147. The number of nitrogens with one attached hydrogen (secondary N) is 2. The van der Waals surface area contributed by atoms with Crippen molar-refractivity contribution in [3.05, 3.63) is 0 Å². The van der Waals surface area contributed by atoms with Gasteiger partial charge in [-0.1, -0.05) is 0 Å². The predicted molar refractivity (Wildman–Crippen MR) is 103 cm³/mol. The van der Waals surface area contributed by atoms with Crippen LogP contribution in [0.3, 0.4) is 0 Å². The highest BCUT2D eigenvalue weighted by atomic mass is 127. The summed E-state index contributed by atoms with van der Waals surface area (Å²) in [4.78, 5) is 29.3. The number of rotatable bonds is 5. The third-order valence-electron chi connectivity index (χ3n) is 4.36. The highest BCUT2D eigenvalue weighted by Crippen LogP contribution is 2.18. The van der Waals surface area contributed by atoms with Gasteiger partial charge in [-0.05, 0) is 39.0 Å². The van der Waals surface area contributed by atoms with Crippen molar-refractivity contribution in [2.24, 2.45) is 4.99 Å². The van der Waals surface area contributed by atoms with E-state index in [1.807, 2.05) is 6.92 Å². The minimum Gasteiger partial charge on any atom is -0.393 e. The lowest BCUT2D eigenvalue weighted by Gasteiger charge is -2.28. The van der Waals surface area contributed by atoms with Gasteiger partial charge in [-0.15, -0.1) is 24.0 Å². The number of nitrogens with zero attached hydrogens (tertiary/aromatic N) is 2. The SMILES string of the molecule is CCNC(=NCCN1C(=O)CCCC1=O)NC1CCC(O)CC1.I. The molecule has 0 spiro atoms. The number of amides is 2. The highest BCUT2D eigenvalue weighted by molar-refractivity contribution is 14.0. The van der Waals surface area contributed by atoms with Crippen LogP contribution in [0.5, 0.6) is 0 Å². The number of guanidine groups is 1. The lowest BCUT2D eigenvalue weighted by Crippen LogP contribution is -2.46. The normalized spacial score (nSPS) is 25.2. The average molecular weight is 452 g/mol. The topological polar surface area (TPSA) is 94.0 Å². The number of hydrogen-bond acceptors (Lipinski definition) is 4. The number of likely N-dealkylation sites (tertiary alicyclic amines) is 1. The lowest BCUT2D eigenvalue weighted by atomic mass is 9.93. The summed E-state index contributed by atoms with van der Waals surface area (Å²) in [6, 6.07) is 0.314. The van der Waals surface area contributed by atoms with E-state index in [1.54, 1.807) is 0 Å². The van der Waals surface area contributed by atoms with Gasteiger partial charge in [0, 0.05) is 32.0 Å². The minimum absolute atomic E-state index is 0. The molecule has 0 bridgehead atoms. The molecule has 1 heterocycles. The minimum atomic E-state index is -0.177. The van der Waals surface area contributed by atoms with Gasteiger partial charge < -0.3 is 15.7 Å². The van der Waals surface area contributed by atoms with Crippen LogP contribution < -0.4 is 10.6 Å². The Morgan fingerprint density at radius 1 is 1.21 bits per heavy atom. The zero-order valence-electron chi connectivity index (χ0n) is 14.3. The van der Waals surface area contributed by atoms with E-state index < -0.39 is 0 Å². The third kappa shape index (κ3) is 6.54. The van der Waals surface area contributed by atoms with Crippen LogP contribution in [0.25, 0.3) is 0 Å². The van der Waals surface area contributed by atoms with Gasteiger partial charge in [0.15, 0.2) is 5.96 Å². The van der Waals surface area contributed by atoms with E-state index in [9.17, 15) is 14.7 Å².